The topological polar surface area (TPSA) is 52.6 Å². The van der Waals surface area contributed by atoms with Crippen LogP contribution in [0.2, 0.25) is 0 Å². The smallest absolute Gasteiger partial charge is 0.426 e. The van der Waals surface area contributed by atoms with Crippen molar-refractivity contribution in [2.75, 3.05) is 26.2 Å². The summed E-state index contributed by atoms with van der Waals surface area (Å²) in [6, 6.07) is 10.2. The first-order chi connectivity index (χ1) is 16.5. The predicted octanol–water partition coefficient (Wildman–Crippen LogP) is 6.15. The lowest BCUT2D eigenvalue weighted by Crippen LogP contribution is -2.65. The van der Waals surface area contributed by atoms with E-state index in [0.29, 0.717) is 29.1 Å². The van der Waals surface area contributed by atoms with Gasteiger partial charge >= 0.3 is 6.16 Å². The zero-order valence-electron chi connectivity index (χ0n) is 19.5. The third kappa shape index (κ3) is 5.20. The van der Waals surface area contributed by atoms with Gasteiger partial charge in [-0.2, -0.15) is 0 Å². The molecule has 2 bridgehead atoms. The lowest BCUT2D eigenvalue weighted by Gasteiger charge is -2.51. The number of hydrogen-bond acceptors (Lipinski definition) is 5. The standard InChI is InChI=1S/C27H33FNO4S/c28-22-9-4-8-21(16-22)26(20-6-2-1-3-7-20)33-27(31)32-24-18-29(13-11-19(24)12-14-29)17-23(30)25-10-5-15-34-25/h4-5,8-10,15-16,19-20,24,26H,1-3,6-7,11-14,17-18H2/q+1/t19?,24-,26?,29?/m0/s1. The number of Topliss-reactive ketones (excluding diaryl/α,β-unsaturated/α-hetero) is 1. The lowest BCUT2D eigenvalue weighted by molar-refractivity contribution is -0.938. The minimum absolute atomic E-state index is 0.167. The van der Waals surface area contributed by atoms with Crippen molar-refractivity contribution >= 4 is 23.3 Å². The molecular weight excluding hydrogens is 453 g/mol. The summed E-state index contributed by atoms with van der Waals surface area (Å²) in [7, 11) is 0. The Balaban J connectivity index is 1.25. The molecule has 34 heavy (non-hydrogen) atoms. The van der Waals surface area contributed by atoms with E-state index >= 15 is 0 Å². The number of hydrogen-bond donors (Lipinski definition) is 0. The minimum atomic E-state index is -0.665. The highest BCUT2D eigenvalue weighted by atomic mass is 32.1. The summed E-state index contributed by atoms with van der Waals surface area (Å²) in [4.78, 5) is 26.6. The minimum Gasteiger partial charge on any atom is -0.426 e. The predicted molar refractivity (Wildman–Crippen MR) is 128 cm³/mol. The molecule has 2 aromatic rings. The zero-order chi connectivity index (χ0) is 23.5. The molecule has 1 aromatic heterocycles. The molecule has 4 fully saturated rings. The maximum atomic E-state index is 14.0. The highest BCUT2D eigenvalue weighted by Gasteiger charge is 2.49. The molecule has 3 saturated heterocycles. The summed E-state index contributed by atoms with van der Waals surface area (Å²) in [6.07, 6.45) is 5.80. The van der Waals surface area contributed by atoms with Crippen LogP contribution in [0.15, 0.2) is 41.8 Å². The highest BCUT2D eigenvalue weighted by molar-refractivity contribution is 7.12. The molecule has 3 aliphatic heterocycles. The number of carbonyl (C=O) groups is 2. The molecule has 2 atom stereocenters. The van der Waals surface area contributed by atoms with Crippen LogP contribution in [0.5, 0.6) is 0 Å². The Hall–Kier alpha value is -2.25. The second-order valence-corrected chi connectivity index (χ2v) is 11.2. The van der Waals surface area contributed by atoms with Gasteiger partial charge in [0, 0.05) is 24.7 Å². The highest BCUT2D eigenvalue weighted by Crippen LogP contribution is 2.39. The van der Waals surface area contributed by atoms with Gasteiger partial charge in [-0.1, -0.05) is 37.5 Å². The third-order valence-corrected chi connectivity index (χ3v) is 8.95. The van der Waals surface area contributed by atoms with Crippen LogP contribution in [-0.4, -0.2) is 48.7 Å². The van der Waals surface area contributed by atoms with Crippen molar-refractivity contribution in [2.45, 2.75) is 57.2 Å². The molecule has 1 aromatic carbocycles. The number of ketones is 1. The van der Waals surface area contributed by atoms with Crippen LogP contribution in [0.3, 0.4) is 0 Å². The van der Waals surface area contributed by atoms with Gasteiger partial charge in [-0.15, -0.1) is 11.3 Å². The fourth-order valence-electron chi connectivity index (χ4n) is 6.21. The van der Waals surface area contributed by atoms with Crippen LogP contribution in [0.1, 0.15) is 66.3 Å². The zero-order valence-corrected chi connectivity index (χ0v) is 20.3. The van der Waals surface area contributed by atoms with Gasteiger partial charge in [0.15, 0.2) is 6.10 Å². The van der Waals surface area contributed by atoms with Gasteiger partial charge in [0.2, 0.25) is 5.78 Å². The van der Waals surface area contributed by atoms with Gasteiger partial charge in [-0.3, -0.25) is 4.79 Å². The van der Waals surface area contributed by atoms with Crippen molar-refractivity contribution in [3.63, 3.8) is 0 Å². The Bertz CT molecular complexity index is 996. The second kappa shape index (κ2) is 10.2. The molecule has 0 radical (unpaired) electrons. The Morgan fingerprint density at radius 2 is 1.85 bits per heavy atom. The average Bonchev–Trinajstić information content (AvgIpc) is 3.39. The second-order valence-electron chi connectivity index (χ2n) is 10.3. The van der Waals surface area contributed by atoms with Crippen LogP contribution in [-0.2, 0) is 9.47 Å². The Morgan fingerprint density at radius 3 is 2.56 bits per heavy atom. The van der Waals surface area contributed by atoms with Crippen LogP contribution in [0.4, 0.5) is 9.18 Å². The van der Waals surface area contributed by atoms with E-state index in [0.717, 1.165) is 56.5 Å². The van der Waals surface area contributed by atoms with Crippen molar-refractivity contribution in [3.05, 3.63) is 58.0 Å². The number of thiophene rings is 1. The maximum absolute atomic E-state index is 14.0. The lowest BCUT2D eigenvalue weighted by atomic mass is 9.82. The van der Waals surface area contributed by atoms with Crippen LogP contribution in [0, 0.1) is 17.7 Å². The Kier molecular flexibility index (Phi) is 7.02. The summed E-state index contributed by atoms with van der Waals surface area (Å²) in [5, 5.41) is 1.93. The van der Waals surface area contributed by atoms with E-state index < -0.39 is 12.3 Å². The first-order valence-electron chi connectivity index (χ1n) is 12.6. The van der Waals surface area contributed by atoms with E-state index in [2.05, 4.69) is 0 Å². The molecule has 5 nitrogen and oxygen atoms in total. The number of rotatable bonds is 7. The monoisotopic (exact) mass is 486 g/mol. The third-order valence-electron chi connectivity index (χ3n) is 8.04. The van der Waals surface area contributed by atoms with E-state index in [1.807, 2.05) is 23.6 Å². The van der Waals surface area contributed by atoms with Gasteiger partial charge in [0.1, 0.15) is 25.0 Å². The number of piperidine rings is 3. The maximum Gasteiger partial charge on any atom is 0.509 e. The molecule has 7 heteroatoms. The van der Waals surface area contributed by atoms with Crippen molar-refractivity contribution in [1.82, 2.24) is 0 Å². The molecule has 1 unspecified atom stereocenters. The van der Waals surface area contributed by atoms with Gasteiger partial charge < -0.3 is 14.0 Å². The molecule has 4 aliphatic rings. The number of quaternary nitrogens is 1. The summed E-state index contributed by atoms with van der Waals surface area (Å²) in [5.74, 6) is 0.331. The first kappa shape index (κ1) is 23.5. The van der Waals surface area contributed by atoms with Crippen LogP contribution in [0.25, 0.3) is 0 Å². The SMILES string of the molecule is O=C(OC(c1cccc(F)c1)C1CCCCC1)O[C@H]1C[N+]2(CC(=O)c3cccs3)CCC1CC2. The number of nitrogens with zero attached hydrogens (tertiary/aromatic N) is 1. The van der Waals surface area contributed by atoms with Gasteiger partial charge in [-0.05, 0) is 42.0 Å². The van der Waals surface area contributed by atoms with E-state index in [4.69, 9.17) is 9.47 Å². The molecule has 0 N–H and O–H groups in total. The molecule has 0 amide bonds. The van der Waals surface area contributed by atoms with Crippen molar-refractivity contribution in [3.8, 4) is 0 Å². The quantitative estimate of drug-likeness (QED) is 0.267. The van der Waals surface area contributed by atoms with E-state index in [9.17, 15) is 14.0 Å². The van der Waals surface area contributed by atoms with E-state index in [-0.39, 0.29) is 23.6 Å². The van der Waals surface area contributed by atoms with Gasteiger partial charge in [-0.25, -0.2) is 9.18 Å². The summed E-state index contributed by atoms with van der Waals surface area (Å²) < 4.78 is 26.5. The largest absolute Gasteiger partial charge is 0.509 e. The molecular formula is C27H33FNO4S+. The molecule has 6 rings (SSSR count). The van der Waals surface area contributed by atoms with E-state index in [1.54, 1.807) is 6.07 Å². The van der Waals surface area contributed by atoms with Crippen molar-refractivity contribution in [1.29, 1.82) is 0 Å². The van der Waals surface area contributed by atoms with Crippen LogP contribution < -0.4 is 0 Å². The number of fused-ring (bicyclic) bond motifs is 3. The molecule has 1 saturated carbocycles. The van der Waals surface area contributed by atoms with E-state index in [1.165, 1.54) is 29.9 Å². The number of halogens is 1. The first-order valence-corrected chi connectivity index (χ1v) is 13.4. The Labute approximate surface area is 204 Å². The summed E-state index contributed by atoms with van der Waals surface area (Å²) in [5.41, 5.74) is 0.697. The van der Waals surface area contributed by atoms with Crippen LogP contribution >= 0.6 is 11.3 Å². The van der Waals surface area contributed by atoms with Gasteiger partial charge in [0.05, 0.1) is 18.0 Å². The molecule has 0 spiro atoms. The Morgan fingerprint density at radius 1 is 1.06 bits per heavy atom. The molecule has 4 heterocycles. The molecule has 1 aliphatic carbocycles. The van der Waals surface area contributed by atoms with Crippen molar-refractivity contribution < 1.29 is 27.9 Å². The average molecular weight is 487 g/mol. The summed E-state index contributed by atoms with van der Waals surface area (Å²) >= 11 is 1.48. The number of benzene rings is 1. The van der Waals surface area contributed by atoms with Gasteiger partial charge in [0.25, 0.3) is 0 Å². The normalized spacial score (nSPS) is 27.8. The number of ether oxygens (including phenoxy) is 2. The molecule has 182 valence electrons. The van der Waals surface area contributed by atoms with Crippen molar-refractivity contribution in [2.24, 2.45) is 11.8 Å². The fourth-order valence-corrected chi connectivity index (χ4v) is 6.87. The number of carbonyl (C=O) groups excluding carboxylic acids is 2. The summed E-state index contributed by atoms with van der Waals surface area (Å²) in [6.45, 7) is 3.01. The fraction of sp³-hybridized carbons (Fsp3) is 0.556.